The van der Waals surface area contributed by atoms with Crippen molar-refractivity contribution in [1.29, 1.82) is 0 Å². The van der Waals surface area contributed by atoms with Gasteiger partial charge in [-0.1, -0.05) is 20.8 Å². The smallest absolute Gasteiger partial charge is 0.616 e. The zero-order valence-electron chi connectivity index (χ0n) is 8.42. The van der Waals surface area contributed by atoms with E-state index in [1.165, 1.54) is 7.11 Å². The Morgan fingerprint density at radius 1 is 1.42 bits per heavy atom. The molecule has 0 radical (unpaired) electrons. The van der Waals surface area contributed by atoms with E-state index in [9.17, 15) is 5.11 Å². The van der Waals surface area contributed by atoms with Crippen LogP contribution in [-0.4, -0.2) is 13.3 Å². The summed E-state index contributed by atoms with van der Waals surface area (Å²) >= 11 is 0. The third-order valence-corrected chi connectivity index (χ3v) is 0.843. The SMILES string of the molecule is CO/C([O-])=C/N=CC(C)(C)C.[Li+]. The second-order valence-corrected chi connectivity index (χ2v) is 3.30. The Balaban J connectivity index is 0. The van der Waals surface area contributed by atoms with Gasteiger partial charge in [0.05, 0.1) is 5.95 Å². The second kappa shape index (κ2) is 6.16. The average Bonchev–Trinajstić information content (AvgIpc) is 1.85. The fraction of sp³-hybridized carbons (Fsp3) is 0.625. The summed E-state index contributed by atoms with van der Waals surface area (Å²) in [6.45, 7) is 6.00. The molecule has 64 valence electrons. The summed E-state index contributed by atoms with van der Waals surface area (Å²) in [6.07, 6.45) is 2.86. The van der Waals surface area contributed by atoms with Gasteiger partial charge in [-0.2, -0.15) is 0 Å². The first-order chi connectivity index (χ1) is 4.95. The number of rotatable bonds is 2. The van der Waals surface area contributed by atoms with Gasteiger partial charge in [0.15, 0.2) is 0 Å². The van der Waals surface area contributed by atoms with Crippen LogP contribution in [0.1, 0.15) is 20.8 Å². The van der Waals surface area contributed by atoms with Gasteiger partial charge in [-0.05, 0) is 12.5 Å². The Morgan fingerprint density at radius 3 is 2.25 bits per heavy atom. The molecule has 0 heterocycles. The molecule has 4 heteroatoms. The van der Waals surface area contributed by atoms with Crippen molar-refractivity contribution in [2.75, 3.05) is 7.11 Å². The zero-order valence-corrected chi connectivity index (χ0v) is 8.42. The van der Waals surface area contributed by atoms with E-state index in [0.717, 1.165) is 6.20 Å². The summed E-state index contributed by atoms with van der Waals surface area (Å²) in [4.78, 5) is 3.79. The minimum atomic E-state index is -0.425. The molecule has 0 saturated heterocycles. The van der Waals surface area contributed by atoms with Crippen LogP contribution in [0.2, 0.25) is 0 Å². The molecule has 0 N–H and O–H groups in total. The predicted molar refractivity (Wildman–Crippen MR) is 43.0 cm³/mol. The predicted octanol–water partition coefficient (Wildman–Crippen LogP) is -2.09. The second-order valence-electron chi connectivity index (χ2n) is 3.30. The third-order valence-electron chi connectivity index (χ3n) is 0.843. The van der Waals surface area contributed by atoms with Crippen LogP contribution in [0.4, 0.5) is 0 Å². The summed E-state index contributed by atoms with van der Waals surface area (Å²) < 4.78 is 4.36. The molecule has 0 aliphatic heterocycles. The molecular weight excluding hydrogens is 149 g/mol. The standard InChI is InChI=1S/C8H15NO2.Li/c1-8(2,3)6-9-5-7(10)11-4;/h5-6,10H,1-4H3;/q;+1/p-1/b7-5+,9-6?;. The van der Waals surface area contributed by atoms with Crippen LogP contribution in [-0.2, 0) is 4.74 Å². The Bertz CT molecular complexity index is 170. The van der Waals surface area contributed by atoms with E-state index in [0.29, 0.717) is 0 Å². The van der Waals surface area contributed by atoms with Crippen LogP contribution in [0.25, 0.3) is 0 Å². The molecule has 0 amide bonds. The first-order valence-electron chi connectivity index (χ1n) is 3.41. The molecule has 0 rings (SSSR count). The Kier molecular flexibility index (Phi) is 7.26. The molecule has 0 aliphatic rings. The van der Waals surface area contributed by atoms with Crippen molar-refractivity contribution in [3.05, 3.63) is 12.1 Å². The summed E-state index contributed by atoms with van der Waals surface area (Å²) in [5, 5.41) is 10.5. The molecule has 3 nitrogen and oxygen atoms in total. The minimum Gasteiger partial charge on any atom is -0.616 e. The van der Waals surface area contributed by atoms with Crippen LogP contribution in [0.15, 0.2) is 17.1 Å². The van der Waals surface area contributed by atoms with Crippen molar-refractivity contribution in [1.82, 2.24) is 0 Å². The van der Waals surface area contributed by atoms with Gasteiger partial charge in [0.1, 0.15) is 0 Å². The summed E-state index contributed by atoms with van der Waals surface area (Å²) in [7, 11) is 1.32. The molecule has 0 atom stereocenters. The number of ether oxygens (including phenoxy) is 1. The Morgan fingerprint density at radius 2 is 1.92 bits per heavy atom. The Labute approximate surface area is 85.7 Å². The van der Waals surface area contributed by atoms with Gasteiger partial charge in [-0.25, -0.2) is 0 Å². The van der Waals surface area contributed by atoms with Crippen molar-refractivity contribution < 1.29 is 28.7 Å². The molecule has 12 heavy (non-hydrogen) atoms. The van der Waals surface area contributed by atoms with Crippen molar-refractivity contribution in [2.24, 2.45) is 10.4 Å². The fourth-order valence-corrected chi connectivity index (χ4v) is 0.374. The maximum atomic E-state index is 10.5. The molecule has 0 saturated carbocycles. The van der Waals surface area contributed by atoms with Gasteiger partial charge < -0.3 is 9.84 Å². The maximum Gasteiger partial charge on any atom is 1.00 e. The number of nitrogens with zero attached hydrogens (tertiary/aromatic N) is 1. The van der Waals surface area contributed by atoms with Crippen molar-refractivity contribution >= 4 is 6.21 Å². The van der Waals surface area contributed by atoms with E-state index in [2.05, 4.69) is 9.73 Å². The number of hydrogen-bond donors (Lipinski definition) is 0. The molecule has 0 aromatic heterocycles. The minimum absolute atomic E-state index is 0. The van der Waals surface area contributed by atoms with Crippen LogP contribution >= 0.6 is 0 Å². The van der Waals surface area contributed by atoms with E-state index in [4.69, 9.17) is 0 Å². The van der Waals surface area contributed by atoms with Crippen LogP contribution in [0, 0.1) is 5.41 Å². The van der Waals surface area contributed by atoms with Gasteiger partial charge in [-0.3, -0.25) is 4.99 Å². The molecule has 0 aromatic rings. The Hall–Kier alpha value is -0.393. The van der Waals surface area contributed by atoms with Crippen molar-refractivity contribution in [3.8, 4) is 0 Å². The number of aliphatic imine (C=N–C) groups is 1. The van der Waals surface area contributed by atoms with Gasteiger partial charge in [0.25, 0.3) is 0 Å². The maximum absolute atomic E-state index is 10.5. The zero-order chi connectivity index (χ0) is 8.91. The monoisotopic (exact) mass is 163 g/mol. The van der Waals surface area contributed by atoms with Gasteiger partial charge in [0, 0.05) is 12.4 Å². The largest absolute Gasteiger partial charge is 1.00 e. The molecule has 0 spiro atoms. The fourth-order valence-electron chi connectivity index (χ4n) is 0.374. The van der Waals surface area contributed by atoms with E-state index < -0.39 is 5.95 Å². The molecule has 0 aliphatic carbocycles. The van der Waals surface area contributed by atoms with Crippen LogP contribution < -0.4 is 24.0 Å². The summed E-state index contributed by atoms with van der Waals surface area (Å²) in [5.74, 6) is -0.425. The van der Waals surface area contributed by atoms with Crippen molar-refractivity contribution in [3.63, 3.8) is 0 Å². The third kappa shape index (κ3) is 9.61. The van der Waals surface area contributed by atoms with Gasteiger partial charge in [0.2, 0.25) is 0 Å². The summed E-state index contributed by atoms with van der Waals surface area (Å²) in [5.41, 5.74) is 0.00449. The molecule has 0 bridgehead atoms. The number of methoxy groups -OCH3 is 1. The van der Waals surface area contributed by atoms with E-state index in [1.54, 1.807) is 6.21 Å². The van der Waals surface area contributed by atoms with E-state index >= 15 is 0 Å². The van der Waals surface area contributed by atoms with Crippen LogP contribution in [0.3, 0.4) is 0 Å². The normalized spacial score (nSPS) is 12.8. The molecule has 0 unspecified atom stereocenters. The first kappa shape index (κ1) is 14.1. The van der Waals surface area contributed by atoms with Crippen molar-refractivity contribution in [2.45, 2.75) is 20.8 Å². The average molecular weight is 163 g/mol. The van der Waals surface area contributed by atoms with Crippen LogP contribution in [0.5, 0.6) is 0 Å². The quantitative estimate of drug-likeness (QED) is 0.266. The van der Waals surface area contributed by atoms with E-state index in [-0.39, 0.29) is 24.3 Å². The number of hydrogen-bond acceptors (Lipinski definition) is 3. The molecular formula is C8H14LiNO2. The topological polar surface area (TPSA) is 44.6 Å². The van der Waals surface area contributed by atoms with Gasteiger partial charge in [-0.15, -0.1) is 0 Å². The molecule has 0 fully saturated rings. The summed E-state index contributed by atoms with van der Waals surface area (Å²) in [6, 6.07) is 0. The first-order valence-corrected chi connectivity index (χ1v) is 3.41. The van der Waals surface area contributed by atoms with Gasteiger partial charge >= 0.3 is 18.9 Å². The van der Waals surface area contributed by atoms with E-state index in [1.807, 2.05) is 20.8 Å². The molecule has 0 aromatic carbocycles.